The molecule has 90 valence electrons. The number of nitrogens with two attached hydrogens (primary N) is 1. The van der Waals surface area contributed by atoms with Crippen LogP contribution in [0.1, 0.15) is 22.2 Å². The molecule has 0 bridgehead atoms. The van der Waals surface area contributed by atoms with Crippen molar-refractivity contribution in [3.63, 3.8) is 0 Å². The maximum absolute atomic E-state index is 6.20. The molecule has 1 nitrogen and oxygen atoms in total. The Balaban J connectivity index is 1.91. The first-order valence-corrected chi connectivity index (χ1v) is 6.96. The first-order chi connectivity index (χ1) is 8.28. The lowest BCUT2D eigenvalue weighted by Crippen LogP contribution is -2.24. The minimum Gasteiger partial charge on any atom is -0.327 e. The number of hydrogen-bond acceptors (Lipinski definition) is 2. The van der Waals surface area contributed by atoms with Crippen LogP contribution in [0.15, 0.2) is 42.5 Å². The van der Waals surface area contributed by atoms with E-state index in [-0.39, 0.29) is 6.04 Å². The van der Waals surface area contributed by atoms with Crippen LogP contribution in [-0.2, 0) is 19.3 Å². The fourth-order valence-corrected chi connectivity index (χ4v) is 3.02. The molecule has 0 fully saturated rings. The predicted octanol–water partition coefficient (Wildman–Crippen LogP) is 3.42. The van der Waals surface area contributed by atoms with E-state index in [0.29, 0.717) is 0 Å². The molecule has 0 radical (unpaired) electrons. The van der Waals surface area contributed by atoms with E-state index in [0.717, 1.165) is 19.3 Å². The first-order valence-electron chi connectivity index (χ1n) is 6.15. The van der Waals surface area contributed by atoms with Gasteiger partial charge in [0.15, 0.2) is 0 Å². The fourth-order valence-electron chi connectivity index (χ4n) is 1.97. The lowest BCUT2D eigenvalue weighted by Gasteiger charge is -2.10. The van der Waals surface area contributed by atoms with E-state index >= 15 is 0 Å². The SMILES string of the molecule is CCc1ccc(CC(N)Cc2ccccc2)s1. The molecule has 1 atom stereocenters. The van der Waals surface area contributed by atoms with Crippen molar-refractivity contribution >= 4 is 11.3 Å². The summed E-state index contributed by atoms with van der Waals surface area (Å²) in [4.78, 5) is 2.86. The van der Waals surface area contributed by atoms with E-state index in [1.165, 1.54) is 15.3 Å². The summed E-state index contributed by atoms with van der Waals surface area (Å²) in [6, 6.07) is 15.1. The monoisotopic (exact) mass is 245 g/mol. The number of benzene rings is 1. The van der Waals surface area contributed by atoms with E-state index in [9.17, 15) is 0 Å². The fraction of sp³-hybridized carbons (Fsp3) is 0.333. The summed E-state index contributed by atoms with van der Waals surface area (Å²) in [6.07, 6.45) is 3.07. The van der Waals surface area contributed by atoms with Gasteiger partial charge in [0.1, 0.15) is 0 Å². The van der Waals surface area contributed by atoms with E-state index in [4.69, 9.17) is 5.73 Å². The molecule has 0 aliphatic carbocycles. The van der Waals surface area contributed by atoms with Gasteiger partial charge in [-0.1, -0.05) is 37.3 Å². The van der Waals surface area contributed by atoms with Crippen LogP contribution < -0.4 is 5.73 Å². The van der Waals surface area contributed by atoms with Crippen LogP contribution in [0.3, 0.4) is 0 Å². The summed E-state index contributed by atoms with van der Waals surface area (Å²) in [5.74, 6) is 0. The largest absolute Gasteiger partial charge is 0.327 e. The molecule has 1 unspecified atom stereocenters. The Bertz CT molecular complexity index is 447. The smallest absolute Gasteiger partial charge is 0.0128 e. The number of rotatable bonds is 5. The highest BCUT2D eigenvalue weighted by atomic mass is 32.1. The summed E-state index contributed by atoms with van der Waals surface area (Å²) in [5, 5.41) is 0. The van der Waals surface area contributed by atoms with Gasteiger partial charge in [0.05, 0.1) is 0 Å². The molecule has 1 heterocycles. The van der Waals surface area contributed by atoms with Crippen LogP contribution in [0.5, 0.6) is 0 Å². The molecular weight excluding hydrogens is 226 g/mol. The van der Waals surface area contributed by atoms with Crippen molar-refractivity contribution in [3.05, 3.63) is 57.8 Å². The second-order valence-electron chi connectivity index (χ2n) is 4.38. The van der Waals surface area contributed by atoms with Gasteiger partial charge in [-0.25, -0.2) is 0 Å². The number of hydrogen-bond donors (Lipinski definition) is 1. The third-order valence-corrected chi connectivity index (χ3v) is 4.12. The minimum absolute atomic E-state index is 0.223. The summed E-state index contributed by atoms with van der Waals surface area (Å²) in [7, 11) is 0. The molecule has 0 amide bonds. The molecule has 17 heavy (non-hydrogen) atoms. The summed E-state index contributed by atoms with van der Waals surface area (Å²) >= 11 is 1.89. The summed E-state index contributed by atoms with van der Waals surface area (Å²) < 4.78 is 0. The van der Waals surface area contributed by atoms with Gasteiger partial charge < -0.3 is 5.73 Å². The standard InChI is InChI=1S/C15H19NS/c1-2-14-8-9-15(17-14)11-13(16)10-12-6-4-3-5-7-12/h3-9,13H,2,10-11,16H2,1H3. The number of aryl methyl sites for hydroxylation is 1. The second kappa shape index (κ2) is 5.99. The van der Waals surface area contributed by atoms with E-state index in [2.05, 4.69) is 43.3 Å². The average molecular weight is 245 g/mol. The highest BCUT2D eigenvalue weighted by Crippen LogP contribution is 2.19. The molecule has 2 N–H and O–H groups in total. The van der Waals surface area contributed by atoms with Gasteiger partial charge in [0, 0.05) is 15.8 Å². The molecule has 0 spiro atoms. The van der Waals surface area contributed by atoms with Crippen molar-refractivity contribution in [3.8, 4) is 0 Å². The maximum atomic E-state index is 6.20. The zero-order valence-corrected chi connectivity index (χ0v) is 11.0. The third kappa shape index (κ3) is 3.69. The Morgan fingerprint density at radius 3 is 2.35 bits per heavy atom. The van der Waals surface area contributed by atoms with Crippen LogP contribution in [-0.4, -0.2) is 6.04 Å². The second-order valence-corrected chi connectivity index (χ2v) is 5.63. The lowest BCUT2D eigenvalue weighted by molar-refractivity contribution is 0.671. The van der Waals surface area contributed by atoms with Gasteiger partial charge in [0.25, 0.3) is 0 Å². The van der Waals surface area contributed by atoms with Crippen LogP contribution in [0.2, 0.25) is 0 Å². The average Bonchev–Trinajstić information content (AvgIpc) is 2.78. The van der Waals surface area contributed by atoms with Crippen LogP contribution >= 0.6 is 11.3 Å². The maximum Gasteiger partial charge on any atom is 0.0128 e. The third-order valence-electron chi connectivity index (χ3n) is 2.87. The Morgan fingerprint density at radius 2 is 1.71 bits per heavy atom. The Hall–Kier alpha value is -1.12. The molecule has 2 rings (SSSR count). The first kappa shape index (κ1) is 12.3. The molecule has 2 heteroatoms. The van der Waals surface area contributed by atoms with Crippen molar-refractivity contribution in [2.75, 3.05) is 0 Å². The molecule has 0 saturated carbocycles. The predicted molar refractivity (Wildman–Crippen MR) is 75.5 cm³/mol. The highest BCUT2D eigenvalue weighted by molar-refractivity contribution is 7.11. The molecule has 0 saturated heterocycles. The zero-order chi connectivity index (χ0) is 12.1. The van der Waals surface area contributed by atoms with Gasteiger partial charge in [-0.3, -0.25) is 0 Å². The van der Waals surface area contributed by atoms with Gasteiger partial charge in [-0.2, -0.15) is 0 Å². The van der Waals surface area contributed by atoms with Crippen LogP contribution in [0, 0.1) is 0 Å². The minimum atomic E-state index is 0.223. The highest BCUT2D eigenvalue weighted by Gasteiger charge is 2.07. The lowest BCUT2D eigenvalue weighted by atomic mass is 10.0. The zero-order valence-electron chi connectivity index (χ0n) is 10.2. The van der Waals surface area contributed by atoms with Crippen molar-refractivity contribution < 1.29 is 0 Å². The van der Waals surface area contributed by atoms with E-state index in [1.807, 2.05) is 17.4 Å². The molecule has 2 aromatic rings. The normalized spacial score (nSPS) is 12.6. The Kier molecular flexibility index (Phi) is 4.35. The topological polar surface area (TPSA) is 26.0 Å². The molecule has 0 aliphatic heterocycles. The van der Waals surface area contributed by atoms with Crippen LogP contribution in [0.4, 0.5) is 0 Å². The molecule has 0 aliphatic rings. The van der Waals surface area contributed by atoms with E-state index in [1.54, 1.807) is 0 Å². The van der Waals surface area contributed by atoms with Gasteiger partial charge in [0.2, 0.25) is 0 Å². The Labute approximate surface area is 107 Å². The summed E-state index contributed by atoms with van der Waals surface area (Å²) in [5.41, 5.74) is 7.52. The molecular formula is C15H19NS. The van der Waals surface area contributed by atoms with Gasteiger partial charge in [-0.15, -0.1) is 11.3 Å². The summed E-state index contributed by atoms with van der Waals surface area (Å²) in [6.45, 7) is 2.19. The van der Waals surface area contributed by atoms with Crippen molar-refractivity contribution in [2.45, 2.75) is 32.2 Å². The molecule has 1 aromatic carbocycles. The van der Waals surface area contributed by atoms with Crippen molar-refractivity contribution in [1.29, 1.82) is 0 Å². The van der Waals surface area contributed by atoms with Crippen LogP contribution in [0.25, 0.3) is 0 Å². The number of thiophene rings is 1. The van der Waals surface area contributed by atoms with Crippen molar-refractivity contribution in [1.82, 2.24) is 0 Å². The van der Waals surface area contributed by atoms with E-state index < -0.39 is 0 Å². The van der Waals surface area contributed by atoms with Gasteiger partial charge in [-0.05, 0) is 37.0 Å². The molecule has 1 aromatic heterocycles. The van der Waals surface area contributed by atoms with Crippen molar-refractivity contribution in [2.24, 2.45) is 5.73 Å². The quantitative estimate of drug-likeness (QED) is 0.858. The van der Waals surface area contributed by atoms with Gasteiger partial charge >= 0.3 is 0 Å². The Morgan fingerprint density at radius 1 is 1.00 bits per heavy atom.